The molecule has 134 valence electrons. The highest BCUT2D eigenvalue weighted by molar-refractivity contribution is 9.10. The summed E-state index contributed by atoms with van der Waals surface area (Å²) >= 11 is 10.4. The molecule has 0 aliphatic carbocycles. The Morgan fingerprint density at radius 1 is 1.27 bits per heavy atom. The number of aromatic nitrogens is 1. The fourth-order valence-electron chi connectivity index (χ4n) is 2.27. The Balaban J connectivity index is 1.79. The van der Waals surface area contributed by atoms with Gasteiger partial charge in [-0.05, 0) is 30.3 Å². The standard InChI is InChI=1S/C18H12BrClFNO3S/c19-12-2-4-16(25-8-10-1-3-13(20)7-14(10)21)11(5-12)6-17-22-15(9-26-17)18(23)24/h1-5,7,9H,6,8H2,(H,23,24). The molecule has 0 fully saturated rings. The number of aromatic carboxylic acids is 1. The minimum absolute atomic E-state index is 0.0192. The molecule has 0 saturated carbocycles. The number of carboxylic acids is 1. The quantitative estimate of drug-likeness (QED) is 0.527. The molecule has 0 aliphatic heterocycles. The average molecular weight is 457 g/mol. The number of rotatable bonds is 6. The van der Waals surface area contributed by atoms with Crippen molar-refractivity contribution in [2.45, 2.75) is 13.0 Å². The first-order chi connectivity index (χ1) is 12.4. The van der Waals surface area contributed by atoms with Crippen LogP contribution in [-0.4, -0.2) is 16.1 Å². The smallest absolute Gasteiger partial charge is 0.355 e. The molecule has 1 aromatic heterocycles. The molecule has 0 bridgehead atoms. The monoisotopic (exact) mass is 455 g/mol. The summed E-state index contributed by atoms with van der Waals surface area (Å²) < 4.78 is 20.5. The van der Waals surface area contributed by atoms with E-state index >= 15 is 0 Å². The van der Waals surface area contributed by atoms with Crippen molar-refractivity contribution < 1.29 is 19.0 Å². The van der Waals surface area contributed by atoms with Gasteiger partial charge in [0.15, 0.2) is 5.69 Å². The predicted molar refractivity (Wildman–Crippen MR) is 102 cm³/mol. The highest BCUT2D eigenvalue weighted by Crippen LogP contribution is 2.28. The van der Waals surface area contributed by atoms with Crippen molar-refractivity contribution >= 4 is 44.8 Å². The zero-order valence-corrected chi connectivity index (χ0v) is 16.4. The lowest BCUT2D eigenvalue weighted by molar-refractivity contribution is 0.0691. The third-order valence-corrected chi connectivity index (χ3v) is 5.11. The van der Waals surface area contributed by atoms with Crippen LogP contribution in [-0.2, 0) is 13.0 Å². The molecule has 3 aromatic rings. The first kappa shape index (κ1) is 18.8. The van der Waals surface area contributed by atoms with Crippen LogP contribution in [0.15, 0.2) is 46.3 Å². The van der Waals surface area contributed by atoms with E-state index in [-0.39, 0.29) is 12.3 Å². The van der Waals surface area contributed by atoms with Crippen molar-refractivity contribution in [3.05, 3.63) is 78.9 Å². The second-order valence-electron chi connectivity index (χ2n) is 5.38. The van der Waals surface area contributed by atoms with Gasteiger partial charge in [0, 0.05) is 32.4 Å². The maximum absolute atomic E-state index is 13.9. The van der Waals surface area contributed by atoms with Crippen LogP contribution in [0.2, 0.25) is 5.02 Å². The summed E-state index contributed by atoms with van der Waals surface area (Å²) in [6.07, 6.45) is 0.413. The number of nitrogens with zero attached hydrogens (tertiary/aromatic N) is 1. The fourth-order valence-corrected chi connectivity index (χ4v) is 3.63. The van der Waals surface area contributed by atoms with Gasteiger partial charge in [-0.2, -0.15) is 0 Å². The first-order valence-corrected chi connectivity index (χ1v) is 9.50. The maximum atomic E-state index is 13.9. The van der Waals surface area contributed by atoms with Gasteiger partial charge >= 0.3 is 5.97 Å². The number of thiazole rings is 1. The molecule has 0 atom stereocenters. The van der Waals surface area contributed by atoms with Crippen LogP contribution >= 0.6 is 38.9 Å². The summed E-state index contributed by atoms with van der Waals surface area (Å²) in [6, 6.07) is 9.90. The average Bonchev–Trinajstić information content (AvgIpc) is 3.04. The molecule has 2 aromatic carbocycles. The van der Waals surface area contributed by atoms with E-state index in [4.69, 9.17) is 21.4 Å². The molecule has 8 heteroatoms. The van der Waals surface area contributed by atoms with Gasteiger partial charge in [0.25, 0.3) is 0 Å². The number of benzene rings is 2. The third-order valence-electron chi connectivity index (χ3n) is 3.53. The topological polar surface area (TPSA) is 59.4 Å². The van der Waals surface area contributed by atoms with Crippen molar-refractivity contribution in [2.24, 2.45) is 0 Å². The van der Waals surface area contributed by atoms with E-state index in [1.54, 1.807) is 18.2 Å². The number of carbonyl (C=O) groups is 1. The largest absolute Gasteiger partial charge is 0.489 e. The highest BCUT2D eigenvalue weighted by atomic mass is 79.9. The zero-order chi connectivity index (χ0) is 18.7. The Morgan fingerprint density at radius 3 is 2.77 bits per heavy atom. The second kappa shape index (κ2) is 8.16. The lowest BCUT2D eigenvalue weighted by Gasteiger charge is -2.12. The molecule has 0 aliphatic rings. The minimum atomic E-state index is -1.06. The van der Waals surface area contributed by atoms with Crippen LogP contribution < -0.4 is 4.74 Å². The van der Waals surface area contributed by atoms with E-state index in [1.165, 1.54) is 22.8 Å². The summed E-state index contributed by atoms with van der Waals surface area (Å²) in [6.45, 7) is 0.0515. The van der Waals surface area contributed by atoms with E-state index in [9.17, 15) is 9.18 Å². The van der Waals surface area contributed by atoms with Crippen LogP contribution in [0.1, 0.15) is 26.6 Å². The van der Waals surface area contributed by atoms with Gasteiger partial charge in [-0.3, -0.25) is 0 Å². The van der Waals surface area contributed by atoms with Crippen LogP contribution in [0, 0.1) is 5.82 Å². The van der Waals surface area contributed by atoms with Gasteiger partial charge in [-0.15, -0.1) is 11.3 Å². The molecule has 0 saturated heterocycles. The zero-order valence-electron chi connectivity index (χ0n) is 13.2. The van der Waals surface area contributed by atoms with Crippen molar-refractivity contribution in [1.29, 1.82) is 0 Å². The predicted octanol–water partition coefficient (Wildman–Crippen LogP) is 5.57. The molecule has 1 heterocycles. The van der Waals surface area contributed by atoms with Gasteiger partial charge in [0.2, 0.25) is 0 Å². The van der Waals surface area contributed by atoms with Crippen LogP contribution in [0.25, 0.3) is 0 Å². The van der Waals surface area contributed by atoms with Crippen molar-refractivity contribution in [3.8, 4) is 5.75 Å². The number of carboxylic acid groups (broad SMARTS) is 1. The van der Waals surface area contributed by atoms with E-state index in [2.05, 4.69) is 20.9 Å². The molecule has 0 amide bonds. The summed E-state index contributed by atoms with van der Waals surface area (Å²) in [5, 5.41) is 11.5. The van der Waals surface area contributed by atoms with Crippen LogP contribution in [0.4, 0.5) is 4.39 Å². The van der Waals surface area contributed by atoms with Gasteiger partial charge in [-0.25, -0.2) is 14.2 Å². The Bertz CT molecular complexity index is 963. The number of hydrogen-bond donors (Lipinski definition) is 1. The Kier molecular flexibility index (Phi) is 5.90. The van der Waals surface area contributed by atoms with Gasteiger partial charge < -0.3 is 9.84 Å². The van der Waals surface area contributed by atoms with Gasteiger partial charge in [-0.1, -0.05) is 33.6 Å². The lowest BCUT2D eigenvalue weighted by atomic mass is 10.1. The van der Waals surface area contributed by atoms with Crippen molar-refractivity contribution in [2.75, 3.05) is 0 Å². The summed E-state index contributed by atoms with van der Waals surface area (Å²) in [4.78, 5) is 15.1. The highest BCUT2D eigenvalue weighted by Gasteiger charge is 2.13. The summed E-state index contributed by atoms with van der Waals surface area (Å²) in [7, 11) is 0. The first-order valence-electron chi connectivity index (χ1n) is 7.45. The molecule has 0 radical (unpaired) electrons. The van der Waals surface area contributed by atoms with E-state index in [1.807, 2.05) is 12.1 Å². The summed E-state index contributed by atoms with van der Waals surface area (Å²) in [5.74, 6) is -0.909. The minimum Gasteiger partial charge on any atom is -0.489 e. The van der Waals surface area contributed by atoms with Gasteiger partial charge in [0.1, 0.15) is 18.2 Å². The van der Waals surface area contributed by atoms with Crippen LogP contribution in [0.5, 0.6) is 5.75 Å². The number of halogens is 3. The van der Waals surface area contributed by atoms with Crippen molar-refractivity contribution in [1.82, 2.24) is 4.98 Å². The van der Waals surface area contributed by atoms with Gasteiger partial charge in [0.05, 0.1) is 5.01 Å². The SMILES string of the molecule is O=C(O)c1csc(Cc2cc(Br)ccc2OCc2ccc(Cl)cc2F)n1. The van der Waals surface area contributed by atoms with Crippen molar-refractivity contribution in [3.63, 3.8) is 0 Å². The van der Waals surface area contributed by atoms with E-state index in [0.29, 0.717) is 27.8 Å². The Morgan fingerprint density at radius 2 is 2.08 bits per heavy atom. The van der Waals surface area contributed by atoms with E-state index < -0.39 is 11.8 Å². The fraction of sp³-hybridized carbons (Fsp3) is 0.111. The molecule has 4 nitrogen and oxygen atoms in total. The molecule has 0 unspecified atom stereocenters. The number of hydrogen-bond acceptors (Lipinski definition) is 4. The van der Waals surface area contributed by atoms with E-state index in [0.717, 1.165) is 10.0 Å². The maximum Gasteiger partial charge on any atom is 0.355 e. The summed E-state index contributed by atoms with van der Waals surface area (Å²) in [5.41, 5.74) is 1.23. The molecule has 1 N–H and O–H groups in total. The molecule has 3 rings (SSSR count). The molecular formula is C18H12BrClFNO3S. The normalized spacial score (nSPS) is 10.7. The molecule has 0 spiro atoms. The second-order valence-corrected chi connectivity index (χ2v) is 7.68. The Hall–Kier alpha value is -1.96. The molecular weight excluding hydrogens is 445 g/mol. The molecule has 26 heavy (non-hydrogen) atoms. The third kappa shape index (κ3) is 4.60. The Labute approximate surface area is 166 Å². The lowest BCUT2D eigenvalue weighted by Crippen LogP contribution is -2.02. The number of ether oxygens (including phenoxy) is 1. The van der Waals surface area contributed by atoms with Crippen LogP contribution in [0.3, 0.4) is 0 Å².